The van der Waals surface area contributed by atoms with Crippen LogP contribution in [0.15, 0.2) is 12.4 Å². The highest BCUT2D eigenvalue weighted by molar-refractivity contribution is 5.76. The van der Waals surface area contributed by atoms with Crippen LogP contribution in [0.5, 0.6) is 5.88 Å². The summed E-state index contributed by atoms with van der Waals surface area (Å²) >= 11 is 0. The third-order valence-electron chi connectivity index (χ3n) is 1.88. The fraction of sp³-hybridized carbons (Fsp3) is 0.500. The molecule has 0 aliphatic carbocycles. The zero-order valence-corrected chi connectivity index (χ0v) is 9.49. The minimum absolute atomic E-state index is 0.0241. The summed E-state index contributed by atoms with van der Waals surface area (Å²) in [5.41, 5.74) is 0. The van der Waals surface area contributed by atoms with E-state index in [0.29, 0.717) is 31.2 Å². The molecule has 0 bridgehead atoms. The van der Waals surface area contributed by atoms with Crippen LogP contribution in [0.2, 0.25) is 0 Å². The Balaban J connectivity index is 2.34. The summed E-state index contributed by atoms with van der Waals surface area (Å²) in [4.78, 5) is 19.0. The number of nitrogens with one attached hydrogen (secondary N) is 2. The molecule has 0 aromatic carbocycles. The van der Waals surface area contributed by atoms with Crippen molar-refractivity contribution in [3.63, 3.8) is 0 Å². The highest BCUT2D eigenvalue weighted by Crippen LogP contribution is 2.09. The van der Waals surface area contributed by atoms with Gasteiger partial charge in [0.25, 0.3) is 0 Å². The minimum atomic E-state index is 0.0241. The number of hydrogen-bond acceptors (Lipinski definition) is 5. The Morgan fingerprint density at radius 1 is 1.50 bits per heavy atom. The second-order valence-electron chi connectivity index (χ2n) is 3.08. The first-order chi connectivity index (χ1) is 7.76. The maximum atomic E-state index is 11.1. The molecule has 88 valence electrons. The number of hydrogen-bond donors (Lipinski definition) is 2. The number of ether oxygens (including phenoxy) is 1. The fourth-order valence-corrected chi connectivity index (χ4v) is 1.14. The number of carbonyl (C=O) groups is 1. The summed E-state index contributed by atoms with van der Waals surface area (Å²) in [5, 5.41) is 5.73. The van der Waals surface area contributed by atoms with E-state index < -0.39 is 0 Å². The molecule has 0 spiro atoms. The van der Waals surface area contributed by atoms with E-state index in [1.807, 2.05) is 6.92 Å². The fourth-order valence-electron chi connectivity index (χ4n) is 1.14. The molecule has 0 aliphatic heterocycles. The predicted octanol–water partition coefficient (Wildman–Crippen LogP) is 0.423. The second kappa shape index (κ2) is 6.60. The molecule has 1 amide bonds. The predicted molar refractivity (Wildman–Crippen MR) is 60.4 cm³/mol. The molecule has 1 heterocycles. The van der Waals surface area contributed by atoms with E-state index in [1.54, 1.807) is 13.2 Å². The van der Waals surface area contributed by atoms with Crippen molar-refractivity contribution in [1.82, 2.24) is 15.3 Å². The number of nitrogens with zero attached hydrogens (tertiary/aromatic N) is 2. The molecule has 2 N–H and O–H groups in total. The Labute approximate surface area is 94.4 Å². The largest absolute Gasteiger partial charge is 0.481 e. The van der Waals surface area contributed by atoms with Gasteiger partial charge in [0, 0.05) is 25.6 Å². The van der Waals surface area contributed by atoms with Crippen molar-refractivity contribution in [1.29, 1.82) is 0 Å². The van der Waals surface area contributed by atoms with Crippen LogP contribution in [-0.2, 0) is 4.79 Å². The van der Waals surface area contributed by atoms with E-state index >= 15 is 0 Å². The summed E-state index contributed by atoms with van der Waals surface area (Å²) < 4.78 is 4.95. The van der Waals surface area contributed by atoms with Gasteiger partial charge in [0.2, 0.25) is 11.8 Å². The van der Waals surface area contributed by atoms with Gasteiger partial charge >= 0.3 is 0 Å². The van der Waals surface area contributed by atoms with Crippen LogP contribution in [0, 0.1) is 0 Å². The molecule has 0 aliphatic rings. The molecule has 6 nitrogen and oxygen atoms in total. The van der Waals surface area contributed by atoms with Crippen LogP contribution < -0.4 is 15.4 Å². The van der Waals surface area contributed by atoms with Crippen molar-refractivity contribution in [2.24, 2.45) is 0 Å². The standard InChI is InChI=1S/C10H16N4O2/c1-3-11-9(15)4-5-12-8-6-10(16-2)14-7-13-8/h6-7H,3-5H2,1-2H3,(H,11,15)(H,12,13,14). The number of carbonyl (C=O) groups excluding carboxylic acids is 1. The Morgan fingerprint density at radius 3 is 3.00 bits per heavy atom. The molecule has 16 heavy (non-hydrogen) atoms. The highest BCUT2D eigenvalue weighted by Gasteiger charge is 2.00. The van der Waals surface area contributed by atoms with Gasteiger partial charge in [0.1, 0.15) is 12.1 Å². The SMILES string of the molecule is CCNC(=O)CCNc1cc(OC)ncn1. The molecule has 0 fully saturated rings. The van der Waals surface area contributed by atoms with Gasteiger partial charge in [0.15, 0.2) is 0 Å². The van der Waals surface area contributed by atoms with E-state index in [1.165, 1.54) is 6.33 Å². The lowest BCUT2D eigenvalue weighted by molar-refractivity contribution is -0.120. The average molecular weight is 224 g/mol. The lowest BCUT2D eigenvalue weighted by atomic mass is 10.4. The molecule has 0 atom stereocenters. The van der Waals surface area contributed by atoms with E-state index in [4.69, 9.17) is 4.74 Å². The lowest BCUT2D eigenvalue weighted by Crippen LogP contribution is -2.24. The monoisotopic (exact) mass is 224 g/mol. The van der Waals surface area contributed by atoms with Crippen LogP contribution >= 0.6 is 0 Å². The average Bonchev–Trinajstić information content (AvgIpc) is 2.30. The van der Waals surface area contributed by atoms with Crippen LogP contribution in [0.25, 0.3) is 0 Å². The normalized spacial score (nSPS) is 9.62. The molecule has 1 rings (SSSR count). The Kier molecular flexibility index (Phi) is 5.04. The number of rotatable bonds is 6. The van der Waals surface area contributed by atoms with Gasteiger partial charge < -0.3 is 15.4 Å². The van der Waals surface area contributed by atoms with E-state index in [9.17, 15) is 4.79 Å². The van der Waals surface area contributed by atoms with Crippen LogP contribution in [0.4, 0.5) is 5.82 Å². The van der Waals surface area contributed by atoms with Crippen molar-refractivity contribution in [3.05, 3.63) is 12.4 Å². The Bertz CT molecular complexity index is 343. The van der Waals surface area contributed by atoms with Crippen molar-refractivity contribution in [2.45, 2.75) is 13.3 Å². The van der Waals surface area contributed by atoms with Gasteiger partial charge in [0.05, 0.1) is 7.11 Å². The Hall–Kier alpha value is -1.85. The zero-order valence-electron chi connectivity index (χ0n) is 9.49. The minimum Gasteiger partial charge on any atom is -0.481 e. The summed E-state index contributed by atoms with van der Waals surface area (Å²) in [6.45, 7) is 3.08. The molecule has 0 radical (unpaired) electrons. The van der Waals surface area contributed by atoms with Crippen LogP contribution in [0.3, 0.4) is 0 Å². The third-order valence-corrected chi connectivity index (χ3v) is 1.88. The second-order valence-corrected chi connectivity index (χ2v) is 3.08. The molecule has 0 saturated heterocycles. The summed E-state index contributed by atoms with van der Waals surface area (Å²) in [7, 11) is 1.54. The first-order valence-electron chi connectivity index (χ1n) is 5.13. The zero-order chi connectivity index (χ0) is 11.8. The molecular formula is C10H16N4O2. The third kappa shape index (κ3) is 4.12. The van der Waals surface area contributed by atoms with Crippen LogP contribution in [-0.4, -0.2) is 36.1 Å². The van der Waals surface area contributed by atoms with Gasteiger partial charge in [-0.25, -0.2) is 9.97 Å². The smallest absolute Gasteiger partial charge is 0.221 e. The summed E-state index contributed by atoms with van der Waals surface area (Å²) in [5.74, 6) is 1.17. The summed E-state index contributed by atoms with van der Waals surface area (Å²) in [6, 6.07) is 1.68. The maximum Gasteiger partial charge on any atom is 0.221 e. The van der Waals surface area contributed by atoms with Crippen molar-refractivity contribution < 1.29 is 9.53 Å². The number of amides is 1. The maximum absolute atomic E-state index is 11.1. The van der Waals surface area contributed by atoms with Crippen molar-refractivity contribution in [2.75, 3.05) is 25.5 Å². The highest BCUT2D eigenvalue weighted by atomic mass is 16.5. The number of methoxy groups -OCH3 is 1. The summed E-state index contributed by atoms with van der Waals surface area (Å²) in [6.07, 6.45) is 1.83. The van der Waals surface area contributed by atoms with Crippen molar-refractivity contribution in [3.8, 4) is 5.88 Å². The van der Waals surface area contributed by atoms with Crippen molar-refractivity contribution >= 4 is 11.7 Å². The van der Waals surface area contributed by atoms with E-state index in [0.717, 1.165) is 0 Å². The van der Waals surface area contributed by atoms with E-state index in [2.05, 4.69) is 20.6 Å². The van der Waals surface area contributed by atoms with Gasteiger partial charge in [-0.15, -0.1) is 0 Å². The Morgan fingerprint density at radius 2 is 2.31 bits per heavy atom. The molecule has 1 aromatic rings. The first kappa shape index (κ1) is 12.2. The lowest BCUT2D eigenvalue weighted by Gasteiger charge is -2.06. The topological polar surface area (TPSA) is 76.1 Å². The van der Waals surface area contributed by atoms with Gasteiger partial charge in [-0.3, -0.25) is 4.79 Å². The first-order valence-corrected chi connectivity index (χ1v) is 5.13. The van der Waals surface area contributed by atoms with Gasteiger partial charge in [-0.2, -0.15) is 0 Å². The van der Waals surface area contributed by atoms with Gasteiger partial charge in [-0.1, -0.05) is 0 Å². The number of anilines is 1. The molecule has 0 saturated carbocycles. The molecule has 0 unspecified atom stereocenters. The quantitative estimate of drug-likeness (QED) is 0.732. The van der Waals surface area contributed by atoms with Crippen LogP contribution in [0.1, 0.15) is 13.3 Å². The molecular weight excluding hydrogens is 208 g/mol. The van der Waals surface area contributed by atoms with Gasteiger partial charge in [-0.05, 0) is 6.92 Å². The number of aromatic nitrogens is 2. The molecule has 6 heteroatoms. The molecule has 1 aromatic heterocycles. The van der Waals surface area contributed by atoms with E-state index in [-0.39, 0.29) is 5.91 Å².